The molecule has 0 radical (unpaired) electrons. The van der Waals surface area contributed by atoms with Gasteiger partial charge in [-0.05, 0) is 38.5 Å². The summed E-state index contributed by atoms with van der Waals surface area (Å²) in [5.41, 5.74) is 1.20. The summed E-state index contributed by atoms with van der Waals surface area (Å²) in [5.74, 6) is 0. The predicted octanol–water partition coefficient (Wildman–Crippen LogP) is 1.23. The summed E-state index contributed by atoms with van der Waals surface area (Å²) in [6.07, 6.45) is 2.04. The number of piperidine rings is 1. The van der Waals surface area contributed by atoms with Crippen LogP contribution in [0.5, 0.6) is 0 Å². The van der Waals surface area contributed by atoms with E-state index in [9.17, 15) is 5.11 Å². The lowest BCUT2D eigenvalue weighted by molar-refractivity contribution is 0.0879. The maximum absolute atomic E-state index is 9.62. The molecule has 0 bridgehead atoms. The minimum absolute atomic E-state index is 0.0810. The molecule has 0 aliphatic carbocycles. The number of likely N-dealkylation sites (tertiary alicyclic amines) is 1. The van der Waals surface area contributed by atoms with E-state index >= 15 is 0 Å². The van der Waals surface area contributed by atoms with Crippen LogP contribution in [0.25, 0.3) is 0 Å². The molecule has 1 aliphatic rings. The Bertz CT molecular complexity index is 331. The third-order valence-electron chi connectivity index (χ3n) is 3.76. The van der Waals surface area contributed by atoms with Crippen LogP contribution >= 0.6 is 0 Å². The normalized spacial score (nSPS) is 20.4. The molecule has 0 amide bonds. The lowest BCUT2D eigenvalue weighted by atomic mass is 9.88. The quantitative estimate of drug-likeness (QED) is 0.822. The smallest absolute Gasteiger partial charge is 0.0614 e. The Balaban J connectivity index is 1.91. The Labute approximate surface area is 103 Å². The first-order valence-electron chi connectivity index (χ1n) is 6.32. The summed E-state index contributed by atoms with van der Waals surface area (Å²) in [6.45, 7) is 3.18. The van der Waals surface area contributed by atoms with Gasteiger partial charge in [0.05, 0.1) is 6.61 Å². The molecule has 1 heterocycles. The van der Waals surface area contributed by atoms with Gasteiger partial charge in [-0.3, -0.25) is 0 Å². The van der Waals surface area contributed by atoms with Crippen molar-refractivity contribution in [2.24, 2.45) is 0 Å². The summed E-state index contributed by atoms with van der Waals surface area (Å²) in [6, 6.07) is 10.4. The fourth-order valence-corrected chi connectivity index (χ4v) is 2.32. The molecule has 2 rings (SSSR count). The van der Waals surface area contributed by atoms with Gasteiger partial charge in [-0.15, -0.1) is 0 Å². The second kappa shape index (κ2) is 5.63. The standard InChI is InChI=1S/C14H22N2O/c1-16-9-7-14(12-17,8-10-16)15-11-13-5-3-2-4-6-13/h2-6,15,17H,7-12H2,1H3. The zero-order valence-electron chi connectivity index (χ0n) is 10.5. The molecule has 0 aromatic heterocycles. The van der Waals surface area contributed by atoms with Crippen molar-refractivity contribution in [3.05, 3.63) is 35.9 Å². The van der Waals surface area contributed by atoms with E-state index < -0.39 is 0 Å². The van der Waals surface area contributed by atoms with Gasteiger partial charge in [0.1, 0.15) is 0 Å². The molecular formula is C14H22N2O. The van der Waals surface area contributed by atoms with Gasteiger partial charge < -0.3 is 15.3 Å². The molecule has 3 nitrogen and oxygen atoms in total. The predicted molar refractivity (Wildman–Crippen MR) is 69.8 cm³/mol. The highest BCUT2D eigenvalue weighted by Gasteiger charge is 2.32. The van der Waals surface area contributed by atoms with E-state index in [4.69, 9.17) is 0 Å². The maximum Gasteiger partial charge on any atom is 0.0614 e. The number of hydrogen-bond acceptors (Lipinski definition) is 3. The Kier molecular flexibility index (Phi) is 4.15. The molecule has 1 saturated heterocycles. The lowest BCUT2D eigenvalue weighted by Gasteiger charge is -2.40. The molecule has 0 unspecified atom stereocenters. The largest absolute Gasteiger partial charge is 0.394 e. The fraction of sp³-hybridized carbons (Fsp3) is 0.571. The first-order chi connectivity index (χ1) is 8.24. The number of aliphatic hydroxyl groups excluding tert-OH is 1. The zero-order chi connectivity index (χ0) is 12.1. The molecule has 1 aromatic carbocycles. The van der Waals surface area contributed by atoms with E-state index in [1.165, 1.54) is 5.56 Å². The molecule has 1 aromatic rings. The van der Waals surface area contributed by atoms with Crippen LogP contribution in [0, 0.1) is 0 Å². The Morgan fingerprint density at radius 1 is 1.24 bits per heavy atom. The number of nitrogens with one attached hydrogen (secondary N) is 1. The molecule has 2 N–H and O–H groups in total. The van der Waals surface area contributed by atoms with Gasteiger partial charge >= 0.3 is 0 Å². The molecule has 1 aliphatic heterocycles. The number of benzene rings is 1. The van der Waals surface area contributed by atoms with Crippen LogP contribution in [0.2, 0.25) is 0 Å². The molecule has 3 heteroatoms. The van der Waals surface area contributed by atoms with Crippen LogP contribution in [-0.4, -0.2) is 42.3 Å². The number of aliphatic hydroxyl groups is 1. The molecule has 0 saturated carbocycles. The average Bonchev–Trinajstić information content (AvgIpc) is 2.40. The SMILES string of the molecule is CN1CCC(CO)(NCc2ccccc2)CC1. The van der Waals surface area contributed by atoms with Gasteiger partial charge in [0.15, 0.2) is 0 Å². The topological polar surface area (TPSA) is 35.5 Å². The Morgan fingerprint density at radius 3 is 2.47 bits per heavy atom. The molecule has 0 atom stereocenters. The summed E-state index contributed by atoms with van der Waals surface area (Å²) >= 11 is 0. The van der Waals surface area contributed by atoms with E-state index in [2.05, 4.69) is 41.5 Å². The molecule has 0 spiro atoms. The van der Waals surface area contributed by atoms with Crippen molar-refractivity contribution >= 4 is 0 Å². The minimum atomic E-state index is -0.0810. The molecule has 17 heavy (non-hydrogen) atoms. The Hall–Kier alpha value is -0.900. The van der Waals surface area contributed by atoms with E-state index in [1.807, 2.05) is 6.07 Å². The summed E-state index contributed by atoms with van der Waals surface area (Å²) in [4.78, 5) is 2.32. The summed E-state index contributed by atoms with van der Waals surface area (Å²) in [5, 5.41) is 13.2. The van der Waals surface area contributed by atoms with Crippen molar-refractivity contribution in [3.8, 4) is 0 Å². The van der Waals surface area contributed by atoms with Crippen molar-refractivity contribution < 1.29 is 5.11 Å². The fourth-order valence-electron chi connectivity index (χ4n) is 2.32. The monoisotopic (exact) mass is 234 g/mol. The molecule has 1 fully saturated rings. The first kappa shape index (κ1) is 12.6. The van der Waals surface area contributed by atoms with Crippen LogP contribution in [0.15, 0.2) is 30.3 Å². The van der Waals surface area contributed by atoms with Crippen molar-refractivity contribution in [2.75, 3.05) is 26.7 Å². The van der Waals surface area contributed by atoms with Crippen molar-refractivity contribution in [1.29, 1.82) is 0 Å². The second-order valence-electron chi connectivity index (χ2n) is 5.08. The van der Waals surface area contributed by atoms with Gasteiger partial charge in [0, 0.05) is 12.1 Å². The molecule has 94 valence electrons. The first-order valence-corrected chi connectivity index (χ1v) is 6.32. The van der Waals surface area contributed by atoms with Gasteiger partial charge in [-0.25, -0.2) is 0 Å². The van der Waals surface area contributed by atoms with E-state index in [0.717, 1.165) is 32.5 Å². The maximum atomic E-state index is 9.62. The van der Waals surface area contributed by atoms with E-state index in [-0.39, 0.29) is 12.1 Å². The number of nitrogens with zero attached hydrogens (tertiary/aromatic N) is 1. The third kappa shape index (κ3) is 3.28. The highest BCUT2D eigenvalue weighted by molar-refractivity contribution is 5.15. The van der Waals surface area contributed by atoms with Gasteiger partial charge in [-0.2, -0.15) is 0 Å². The second-order valence-corrected chi connectivity index (χ2v) is 5.08. The van der Waals surface area contributed by atoms with E-state index in [0.29, 0.717) is 0 Å². The third-order valence-corrected chi connectivity index (χ3v) is 3.76. The van der Waals surface area contributed by atoms with Crippen molar-refractivity contribution in [3.63, 3.8) is 0 Å². The zero-order valence-corrected chi connectivity index (χ0v) is 10.5. The highest BCUT2D eigenvalue weighted by atomic mass is 16.3. The van der Waals surface area contributed by atoms with Crippen molar-refractivity contribution in [1.82, 2.24) is 10.2 Å². The van der Waals surface area contributed by atoms with Crippen LogP contribution in [0.1, 0.15) is 18.4 Å². The van der Waals surface area contributed by atoms with Crippen LogP contribution in [0.4, 0.5) is 0 Å². The van der Waals surface area contributed by atoms with Crippen LogP contribution < -0.4 is 5.32 Å². The van der Waals surface area contributed by atoms with Gasteiger partial charge in [-0.1, -0.05) is 30.3 Å². The average molecular weight is 234 g/mol. The van der Waals surface area contributed by atoms with Crippen molar-refractivity contribution in [2.45, 2.75) is 24.9 Å². The summed E-state index contributed by atoms with van der Waals surface area (Å²) in [7, 11) is 2.14. The number of rotatable bonds is 4. The van der Waals surface area contributed by atoms with Crippen LogP contribution in [0.3, 0.4) is 0 Å². The highest BCUT2D eigenvalue weighted by Crippen LogP contribution is 2.21. The number of hydrogen-bond donors (Lipinski definition) is 2. The summed E-state index contributed by atoms with van der Waals surface area (Å²) < 4.78 is 0. The van der Waals surface area contributed by atoms with Gasteiger partial charge in [0.2, 0.25) is 0 Å². The van der Waals surface area contributed by atoms with E-state index in [1.54, 1.807) is 0 Å². The molecular weight excluding hydrogens is 212 g/mol. The lowest BCUT2D eigenvalue weighted by Crippen LogP contribution is -2.54. The Morgan fingerprint density at radius 2 is 1.88 bits per heavy atom. The minimum Gasteiger partial charge on any atom is -0.394 e. The van der Waals surface area contributed by atoms with Gasteiger partial charge in [0.25, 0.3) is 0 Å². The van der Waals surface area contributed by atoms with Crippen LogP contribution in [-0.2, 0) is 6.54 Å².